The van der Waals surface area contributed by atoms with Gasteiger partial charge in [-0.2, -0.15) is 0 Å². The molecule has 0 unspecified atom stereocenters. The summed E-state index contributed by atoms with van der Waals surface area (Å²) in [6, 6.07) is 23.2. The normalized spacial score (nSPS) is 11.7. The van der Waals surface area contributed by atoms with Gasteiger partial charge in [-0.1, -0.05) is 71.9 Å². The molecule has 8 heteroatoms. The lowest BCUT2D eigenvalue weighted by molar-refractivity contribution is 0.469. The van der Waals surface area contributed by atoms with Gasteiger partial charge in [0.25, 0.3) is 10.0 Å². The molecule has 0 saturated heterocycles. The third kappa shape index (κ3) is 4.18. The van der Waals surface area contributed by atoms with Gasteiger partial charge in [-0.3, -0.25) is 9.71 Å². The molecule has 4 aromatic carbocycles. The van der Waals surface area contributed by atoms with Crippen molar-refractivity contribution >= 4 is 60.7 Å². The number of sulfonamides is 1. The van der Waals surface area contributed by atoms with Crippen LogP contribution in [-0.4, -0.2) is 18.5 Å². The number of hydrogen-bond donors (Lipinski definition) is 2. The van der Waals surface area contributed by atoms with Crippen LogP contribution in [0, 0.1) is 6.92 Å². The van der Waals surface area contributed by atoms with Crippen LogP contribution < -0.4 is 4.72 Å². The van der Waals surface area contributed by atoms with Crippen molar-refractivity contribution in [2.75, 3.05) is 4.72 Å². The molecule has 2 N–H and O–H groups in total. The molecule has 0 radical (unpaired) electrons. The third-order valence-corrected chi connectivity index (χ3v) is 8.30. The van der Waals surface area contributed by atoms with E-state index in [2.05, 4.69) is 9.71 Å². The van der Waals surface area contributed by atoms with Gasteiger partial charge in [0, 0.05) is 32.3 Å². The van der Waals surface area contributed by atoms with Crippen molar-refractivity contribution in [3.8, 4) is 5.75 Å². The summed E-state index contributed by atoms with van der Waals surface area (Å²) in [5.41, 5.74) is 1.75. The van der Waals surface area contributed by atoms with E-state index in [1.165, 1.54) is 17.8 Å². The Kier molecular flexibility index (Phi) is 5.85. The van der Waals surface area contributed by atoms with E-state index in [4.69, 9.17) is 11.6 Å². The zero-order valence-electron chi connectivity index (χ0n) is 18.0. The van der Waals surface area contributed by atoms with Crippen LogP contribution in [0.4, 0.5) is 5.69 Å². The minimum Gasteiger partial charge on any atom is -0.506 e. The first-order valence-corrected chi connectivity index (χ1v) is 13.1. The molecule has 0 bridgehead atoms. The number of anilines is 1. The van der Waals surface area contributed by atoms with E-state index in [0.29, 0.717) is 31.9 Å². The average molecular weight is 507 g/mol. The molecule has 170 valence electrons. The number of hydrogen-bond acceptors (Lipinski definition) is 5. The van der Waals surface area contributed by atoms with Crippen LogP contribution in [0.1, 0.15) is 5.56 Å². The lowest BCUT2D eigenvalue weighted by Crippen LogP contribution is -2.14. The van der Waals surface area contributed by atoms with Crippen molar-refractivity contribution in [1.82, 2.24) is 4.98 Å². The molecule has 1 heterocycles. The van der Waals surface area contributed by atoms with Crippen LogP contribution in [0.3, 0.4) is 0 Å². The van der Waals surface area contributed by atoms with Gasteiger partial charge in [0.05, 0.1) is 21.0 Å². The Morgan fingerprint density at radius 3 is 2.50 bits per heavy atom. The second kappa shape index (κ2) is 8.83. The Hall–Kier alpha value is -3.26. The molecule has 0 spiro atoms. The highest BCUT2D eigenvalue weighted by molar-refractivity contribution is 7.99. The zero-order valence-corrected chi connectivity index (χ0v) is 20.4. The maximum atomic E-state index is 13.3. The second-order valence-corrected chi connectivity index (χ2v) is 10.9. The summed E-state index contributed by atoms with van der Waals surface area (Å²) in [6.45, 7) is 1.72. The van der Waals surface area contributed by atoms with Crippen molar-refractivity contribution in [1.29, 1.82) is 0 Å². The van der Waals surface area contributed by atoms with E-state index in [-0.39, 0.29) is 10.6 Å². The lowest BCUT2D eigenvalue weighted by atomic mass is 10.1. The second-order valence-electron chi connectivity index (χ2n) is 7.77. The minimum atomic E-state index is -3.93. The fourth-order valence-corrected chi connectivity index (χ4v) is 6.45. The molecule has 0 aliphatic carbocycles. The van der Waals surface area contributed by atoms with Crippen molar-refractivity contribution in [2.45, 2.75) is 21.6 Å². The van der Waals surface area contributed by atoms with Crippen LogP contribution in [0.25, 0.3) is 21.7 Å². The summed E-state index contributed by atoms with van der Waals surface area (Å²) in [6.07, 6.45) is 1.72. The monoisotopic (exact) mass is 506 g/mol. The predicted molar refractivity (Wildman–Crippen MR) is 138 cm³/mol. The van der Waals surface area contributed by atoms with Crippen LogP contribution in [0.5, 0.6) is 5.75 Å². The molecule has 0 fully saturated rings. The smallest absolute Gasteiger partial charge is 0.262 e. The highest BCUT2D eigenvalue weighted by Gasteiger charge is 2.21. The Morgan fingerprint density at radius 1 is 0.912 bits per heavy atom. The van der Waals surface area contributed by atoms with E-state index >= 15 is 0 Å². The summed E-state index contributed by atoms with van der Waals surface area (Å²) < 4.78 is 29.3. The summed E-state index contributed by atoms with van der Waals surface area (Å²) in [5, 5.41) is 13.5. The molecular formula is C26H19ClN2O3S2. The number of nitrogens with one attached hydrogen (secondary N) is 1. The maximum Gasteiger partial charge on any atom is 0.262 e. The van der Waals surface area contributed by atoms with Crippen LogP contribution in [0.15, 0.2) is 99.7 Å². The first-order chi connectivity index (χ1) is 16.3. The molecule has 5 rings (SSSR count). The van der Waals surface area contributed by atoms with E-state index in [0.717, 1.165) is 15.8 Å². The third-order valence-electron chi connectivity index (χ3n) is 5.48. The number of aromatic nitrogens is 1. The van der Waals surface area contributed by atoms with E-state index in [1.54, 1.807) is 55.6 Å². The fourth-order valence-electron chi connectivity index (χ4n) is 3.84. The van der Waals surface area contributed by atoms with E-state index < -0.39 is 10.0 Å². The standard InChI is InChI=1S/C26H19ClN2O3S2/c1-16-11-12-18(27)14-24(16)34(31,32)29-21-15-23(26(30)20-9-3-2-8-19(20)21)33-22-10-4-6-17-7-5-13-28-25(17)22/h2-15,29-30H,1H3. The SMILES string of the molecule is Cc1ccc(Cl)cc1S(=O)(=O)Nc1cc(Sc2cccc3cccnc23)c(O)c2ccccc12. The quantitative estimate of drug-likeness (QED) is 0.251. The van der Waals surface area contributed by atoms with Crippen molar-refractivity contribution in [3.05, 3.63) is 95.6 Å². The number of phenols is 1. The number of pyridine rings is 1. The Balaban J connectivity index is 1.64. The topological polar surface area (TPSA) is 79.3 Å². The van der Waals surface area contributed by atoms with Crippen molar-refractivity contribution in [2.24, 2.45) is 0 Å². The zero-order chi connectivity index (χ0) is 23.9. The minimum absolute atomic E-state index is 0.0791. The molecule has 5 nitrogen and oxygen atoms in total. The van der Waals surface area contributed by atoms with Crippen molar-refractivity contribution in [3.63, 3.8) is 0 Å². The molecule has 0 atom stereocenters. The molecule has 0 aliphatic heterocycles. The Labute approximate surface area is 206 Å². The van der Waals surface area contributed by atoms with Gasteiger partial charge in [0.15, 0.2) is 0 Å². The van der Waals surface area contributed by atoms with Gasteiger partial charge in [-0.25, -0.2) is 8.42 Å². The maximum absolute atomic E-state index is 13.3. The lowest BCUT2D eigenvalue weighted by Gasteiger charge is -2.16. The first kappa shape index (κ1) is 22.5. The highest BCUT2D eigenvalue weighted by Crippen LogP contribution is 2.44. The number of aryl methyl sites for hydroxylation is 1. The average Bonchev–Trinajstić information content (AvgIpc) is 2.83. The van der Waals surface area contributed by atoms with Crippen LogP contribution in [-0.2, 0) is 10.0 Å². The van der Waals surface area contributed by atoms with Gasteiger partial charge in [-0.05, 0) is 42.8 Å². The molecular weight excluding hydrogens is 488 g/mol. The fraction of sp³-hybridized carbons (Fsp3) is 0.0385. The van der Waals surface area contributed by atoms with E-state index in [1.807, 2.05) is 30.3 Å². The number of aromatic hydroxyl groups is 1. The molecule has 0 saturated carbocycles. The van der Waals surface area contributed by atoms with Crippen LogP contribution in [0.2, 0.25) is 5.02 Å². The summed E-state index contributed by atoms with van der Waals surface area (Å²) in [4.78, 5) is 5.95. The van der Waals surface area contributed by atoms with E-state index in [9.17, 15) is 13.5 Å². The van der Waals surface area contributed by atoms with Crippen molar-refractivity contribution < 1.29 is 13.5 Å². The number of phenolic OH excluding ortho intramolecular Hbond substituents is 1. The molecule has 0 amide bonds. The predicted octanol–water partition coefficient (Wildman–Crippen LogP) is 7.01. The van der Waals surface area contributed by atoms with Crippen LogP contribution >= 0.6 is 23.4 Å². The number of benzene rings is 4. The van der Waals surface area contributed by atoms with Gasteiger partial charge in [0.2, 0.25) is 0 Å². The number of para-hydroxylation sites is 1. The largest absolute Gasteiger partial charge is 0.506 e. The number of fused-ring (bicyclic) bond motifs is 2. The van der Waals surface area contributed by atoms with Gasteiger partial charge in [-0.15, -0.1) is 0 Å². The Bertz CT molecular complexity index is 1670. The molecule has 1 aromatic heterocycles. The van der Waals surface area contributed by atoms with Gasteiger partial charge >= 0.3 is 0 Å². The molecule has 34 heavy (non-hydrogen) atoms. The molecule has 5 aromatic rings. The number of rotatable bonds is 5. The summed E-state index contributed by atoms with van der Waals surface area (Å²) in [7, 11) is -3.93. The molecule has 0 aliphatic rings. The van der Waals surface area contributed by atoms with Gasteiger partial charge < -0.3 is 5.11 Å². The summed E-state index contributed by atoms with van der Waals surface area (Å²) in [5.74, 6) is 0.0791. The first-order valence-electron chi connectivity index (χ1n) is 10.4. The number of halogens is 1. The summed E-state index contributed by atoms with van der Waals surface area (Å²) >= 11 is 7.40. The van der Waals surface area contributed by atoms with Gasteiger partial charge in [0.1, 0.15) is 5.75 Å². The Morgan fingerprint density at radius 2 is 1.68 bits per heavy atom. The number of nitrogens with zero attached hydrogens (tertiary/aromatic N) is 1. The highest BCUT2D eigenvalue weighted by atomic mass is 35.5.